The van der Waals surface area contributed by atoms with Crippen LogP contribution in [0.1, 0.15) is 22.3 Å². The van der Waals surface area contributed by atoms with Crippen molar-refractivity contribution in [3.8, 4) is 0 Å². The molecule has 4 rings (SSSR count). The predicted molar refractivity (Wildman–Crippen MR) is 135 cm³/mol. The summed E-state index contributed by atoms with van der Waals surface area (Å²) in [5.74, 6) is -0.117. The molecule has 0 unspecified atom stereocenters. The van der Waals surface area contributed by atoms with E-state index < -0.39 is 0 Å². The van der Waals surface area contributed by atoms with Crippen LogP contribution in [0.3, 0.4) is 0 Å². The molecule has 0 fully saturated rings. The Morgan fingerprint density at radius 2 is 1.09 bits per heavy atom. The second kappa shape index (κ2) is 12.5. The molecule has 0 saturated heterocycles. The minimum Gasteiger partial charge on any atom is -0.383 e. The fraction of sp³-hybridized carbons (Fsp3) is 0.214. The van der Waals surface area contributed by atoms with Gasteiger partial charge in [-0.1, -0.05) is 60.7 Å². The molecule has 184 valence electrons. The molecule has 2 aliphatic rings. The summed E-state index contributed by atoms with van der Waals surface area (Å²) < 4.78 is 10.9. The Morgan fingerprint density at radius 1 is 0.686 bits per heavy atom. The van der Waals surface area contributed by atoms with Crippen LogP contribution >= 0.6 is 0 Å². The third-order valence-corrected chi connectivity index (χ3v) is 5.92. The van der Waals surface area contributed by atoms with Crippen LogP contribution in [0.25, 0.3) is 23.3 Å². The van der Waals surface area contributed by atoms with E-state index >= 15 is 0 Å². The topological polar surface area (TPSA) is 76.7 Å². The first kappa shape index (κ1) is 26.4. The van der Waals surface area contributed by atoms with Crippen molar-refractivity contribution in [1.82, 2.24) is 10.6 Å². The summed E-state index contributed by atoms with van der Waals surface area (Å²) in [6.45, 7) is 0.730. The summed E-state index contributed by atoms with van der Waals surface area (Å²) in [6.07, 6.45) is 10.3. The molecule has 0 radical (unpaired) electrons. The van der Waals surface area contributed by atoms with E-state index in [1.54, 1.807) is 38.8 Å². The Kier molecular flexibility index (Phi) is 9.38. The van der Waals surface area contributed by atoms with Crippen molar-refractivity contribution in [3.05, 3.63) is 95.3 Å². The zero-order valence-corrected chi connectivity index (χ0v) is 20.6. The number of hydrogen-bond donors (Lipinski definition) is 2. The maximum Gasteiger partial charge on any atom is 0.187 e. The van der Waals surface area contributed by atoms with Crippen molar-refractivity contribution in [2.24, 2.45) is 0 Å². The molecule has 2 aromatic carbocycles. The molecule has 0 aliphatic heterocycles. The second-order valence-corrected chi connectivity index (χ2v) is 8.14. The van der Waals surface area contributed by atoms with Gasteiger partial charge >= 0.3 is 0 Å². The van der Waals surface area contributed by atoms with Crippen LogP contribution in [0.15, 0.2) is 73.1 Å². The number of fused-ring (bicyclic) bond motifs is 2. The van der Waals surface area contributed by atoms with Crippen LogP contribution in [0.4, 0.5) is 0 Å². The van der Waals surface area contributed by atoms with E-state index in [4.69, 9.17) is 9.47 Å². The molecule has 2 N–H and O–H groups in total. The van der Waals surface area contributed by atoms with Crippen LogP contribution in [-0.2, 0) is 35.6 Å². The van der Waals surface area contributed by atoms with Gasteiger partial charge in [-0.3, -0.25) is 9.59 Å². The minimum absolute atomic E-state index is 0. The predicted octanol–water partition coefficient (Wildman–Crippen LogP) is 3.47. The Bertz CT molecular complexity index is 1110. The summed E-state index contributed by atoms with van der Waals surface area (Å²) in [6, 6.07) is 15.1. The fourth-order valence-corrected chi connectivity index (χ4v) is 4.15. The number of carbonyl (C=O) groups excluding carboxylic acids is 2. The zero-order chi connectivity index (χ0) is 23.9. The number of ketones is 2. The Labute approximate surface area is 215 Å². The number of nitrogens with one attached hydrogen (secondary N) is 2. The molecule has 6 nitrogen and oxygen atoms in total. The van der Waals surface area contributed by atoms with E-state index in [1.165, 1.54) is 0 Å². The van der Waals surface area contributed by atoms with Gasteiger partial charge in [0.05, 0.1) is 25.3 Å². The van der Waals surface area contributed by atoms with Gasteiger partial charge in [-0.15, -0.1) is 0 Å². The van der Waals surface area contributed by atoms with E-state index in [1.807, 2.05) is 60.7 Å². The Morgan fingerprint density at radius 3 is 1.49 bits per heavy atom. The molecule has 2 aliphatic carbocycles. The maximum absolute atomic E-state index is 12.6. The molecule has 0 saturated carbocycles. The van der Waals surface area contributed by atoms with Gasteiger partial charge in [0, 0.05) is 54.3 Å². The van der Waals surface area contributed by atoms with E-state index in [0.717, 1.165) is 22.3 Å². The monoisotopic (exact) mass is 514 g/mol. The van der Waals surface area contributed by atoms with Crippen LogP contribution in [-0.4, -0.2) is 51.1 Å². The van der Waals surface area contributed by atoms with Crippen LogP contribution in [0.5, 0.6) is 0 Å². The van der Waals surface area contributed by atoms with Gasteiger partial charge in [0.1, 0.15) is 0 Å². The second-order valence-electron chi connectivity index (χ2n) is 8.14. The van der Waals surface area contributed by atoms with Crippen LogP contribution in [0.2, 0.25) is 0 Å². The third kappa shape index (κ3) is 6.06. The largest absolute Gasteiger partial charge is 0.383 e. The maximum atomic E-state index is 12.6. The average molecular weight is 515 g/mol. The SMILES string of the molecule is COC[C@@H](N/C=C1\C(=O)C=Cc2ccccc21)[C@@H](COC)N/C=C1\C(=O)C=Cc2ccccc21.[Ni]. The van der Waals surface area contributed by atoms with Crippen molar-refractivity contribution in [2.45, 2.75) is 12.1 Å². The number of benzene rings is 2. The molecule has 0 amide bonds. The number of rotatable bonds is 9. The molecule has 0 heterocycles. The molecular weight excluding hydrogens is 487 g/mol. The van der Waals surface area contributed by atoms with Gasteiger partial charge in [0.2, 0.25) is 0 Å². The van der Waals surface area contributed by atoms with E-state index in [2.05, 4.69) is 10.6 Å². The molecular formula is C28H28N2NiO4. The van der Waals surface area contributed by atoms with Crippen molar-refractivity contribution in [1.29, 1.82) is 0 Å². The first-order valence-corrected chi connectivity index (χ1v) is 11.2. The summed E-state index contributed by atoms with van der Waals surface area (Å²) in [5, 5.41) is 6.70. The summed E-state index contributed by atoms with van der Waals surface area (Å²) in [7, 11) is 3.25. The van der Waals surface area contributed by atoms with Gasteiger partial charge in [-0.05, 0) is 34.4 Å². The first-order chi connectivity index (χ1) is 16.6. The van der Waals surface area contributed by atoms with E-state index in [0.29, 0.717) is 24.4 Å². The number of allylic oxidation sites excluding steroid dienone is 4. The molecule has 0 bridgehead atoms. The van der Waals surface area contributed by atoms with Gasteiger partial charge < -0.3 is 20.1 Å². The molecule has 35 heavy (non-hydrogen) atoms. The quantitative estimate of drug-likeness (QED) is 0.394. The molecule has 7 heteroatoms. The fourth-order valence-electron chi connectivity index (χ4n) is 4.15. The van der Waals surface area contributed by atoms with Crippen molar-refractivity contribution in [2.75, 3.05) is 27.4 Å². The zero-order valence-electron chi connectivity index (χ0n) is 19.6. The number of carbonyl (C=O) groups is 2. The third-order valence-electron chi connectivity index (χ3n) is 5.92. The molecule has 2 aromatic rings. The first-order valence-electron chi connectivity index (χ1n) is 11.2. The standard InChI is InChI=1S/C28H28N2O4.Ni/c1-33-17-25(29-15-23-21-9-5-3-7-19(21)11-13-27(23)31)26(18-34-2)30-16-24-22-10-6-4-8-20(22)12-14-28(24)32;/h3-16,25-26,29-30H,17-18H2,1-2H3;/b23-15-,24-16-;/t25-,26-;/m1./s1. The molecule has 0 aromatic heterocycles. The Balaban J connectivity index is 0.00000342. The normalized spacial score (nSPS) is 18.0. The van der Waals surface area contributed by atoms with Crippen LogP contribution in [0, 0.1) is 0 Å². The van der Waals surface area contributed by atoms with Crippen molar-refractivity contribution < 1.29 is 35.6 Å². The summed E-state index contributed by atoms with van der Waals surface area (Å²) in [5.41, 5.74) is 4.95. The Hall–Kier alpha value is -3.25. The van der Waals surface area contributed by atoms with E-state index in [9.17, 15) is 9.59 Å². The van der Waals surface area contributed by atoms with Crippen molar-refractivity contribution in [3.63, 3.8) is 0 Å². The van der Waals surface area contributed by atoms with Gasteiger partial charge in [0.25, 0.3) is 0 Å². The van der Waals surface area contributed by atoms with E-state index in [-0.39, 0.29) is 40.1 Å². The molecule has 2 atom stereocenters. The van der Waals surface area contributed by atoms with Crippen molar-refractivity contribution >= 4 is 34.9 Å². The summed E-state index contributed by atoms with van der Waals surface area (Å²) in [4.78, 5) is 25.2. The van der Waals surface area contributed by atoms with Gasteiger partial charge in [-0.25, -0.2) is 0 Å². The van der Waals surface area contributed by atoms with Gasteiger partial charge in [-0.2, -0.15) is 0 Å². The minimum atomic E-state index is -0.232. The summed E-state index contributed by atoms with van der Waals surface area (Å²) >= 11 is 0. The number of ether oxygens (including phenoxy) is 2. The number of hydrogen-bond acceptors (Lipinski definition) is 6. The molecule has 0 spiro atoms. The number of methoxy groups -OCH3 is 2. The van der Waals surface area contributed by atoms with Gasteiger partial charge in [0.15, 0.2) is 11.6 Å². The van der Waals surface area contributed by atoms with Crippen LogP contribution < -0.4 is 10.6 Å². The smallest absolute Gasteiger partial charge is 0.187 e. The average Bonchev–Trinajstić information content (AvgIpc) is 2.86.